The third-order valence-electron chi connectivity index (χ3n) is 5.11. The van der Waals surface area contributed by atoms with E-state index in [0.29, 0.717) is 0 Å². The second-order valence-corrected chi connectivity index (χ2v) is 7.25. The lowest BCUT2D eigenvalue weighted by molar-refractivity contribution is 0.101. The zero-order chi connectivity index (χ0) is 17.1. The number of carbonyl (C=O) groups is 1. The summed E-state index contributed by atoms with van der Waals surface area (Å²) in [4.78, 5) is 11.9. The fourth-order valence-corrected chi connectivity index (χ4v) is 3.49. The molecule has 2 aliphatic rings. The van der Waals surface area contributed by atoms with Gasteiger partial charge in [0.15, 0.2) is 5.78 Å². The van der Waals surface area contributed by atoms with E-state index in [-0.39, 0.29) is 11.8 Å². The number of hydrogen-bond acceptors (Lipinski definition) is 3. The third kappa shape index (κ3) is 4.28. The van der Waals surface area contributed by atoms with Crippen molar-refractivity contribution in [2.45, 2.75) is 57.9 Å². The first-order valence-electron chi connectivity index (χ1n) is 9.07. The molecule has 1 atom stereocenters. The van der Waals surface area contributed by atoms with Gasteiger partial charge in [-0.2, -0.15) is 0 Å². The van der Waals surface area contributed by atoms with E-state index >= 15 is 0 Å². The molecule has 1 aliphatic carbocycles. The van der Waals surface area contributed by atoms with Crippen molar-refractivity contribution in [3.63, 3.8) is 0 Å². The van der Waals surface area contributed by atoms with Gasteiger partial charge < -0.3 is 10.6 Å². The van der Waals surface area contributed by atoms with E-state index in [2.05, 4.69) is 35.9 Å². The number of aryl methyl sites for hydroxylation is 2. The first-order valence-corrected chi connectivity index (χ1v) is 9.07. The van der Waals surface area contributed by atoms with Gasteiger partial charge in [-0.05, 0) is 56.1 Å². The van der Waals surface area contributed by atoms with Crippen LogP contribution in [0.5, 0.6) is 0 Å². The van der Waals surface area contributed by atoms with Gasteiger partial charge >= 0.3 is 0 Å². The molecular weight excluding hydrogens is 296 g/mol. The van der Waals surface area contributed by atoms with Gasteiger partial charge in [0.05, 0.1) is 11.9 Å². The molecule has 1 aromatic carbocycles. The Labute approximate surface area is 145 Å². The topological polar surface area (TPSA) is 41.1 Å². The molecule has 0 spiro atoms. The van der Waals surface area contributed by atoms with Crippen LogP contribution in [0.3, 0.4) is 0 Å². The summed E-state index contributed by atoms with van der Waals surface area (Å²) >= 11 is 0. The molecule has 128 valence electrons. The highest BCUT2D eigenvalue weighted by Crippen LogP contribution is 2.33. The summed E-state index contributed by atoms with van der Waals surface area (Å²) in [6.45, 7) is 9.58. The molecular formula is C21H28N2O. The Morgan fingerprint density at radius 1 is 1.21 bits per heavy atom. The van der Waals surface area contributed by atoms with Crippen molar-refractivity contribution >= 4 is 5.78 Å². The van der Waals surface area contributed by atoms with Gasteiger partial charge in [-0.25, -0.2) is 0 Å². The second-order valence-electron chi connectivity index (χ2n) is 7.25. The van der Waals surface area contributed by atoms with Gasteiger partial charge in [-0.1, -0.05) is 44.2 Å². The lowest BCUT2D eigenvalue weighted by Gasteiger charge is -2.13. The number of Topliss-reactive ketones (excluding diaryl/α,β-unsaturated/α-hetero) is 1. The van der Waals surface area contributed by atoms with Crippen LogP contribution in [0.15, 0.2) is 42.9 Å². The number of hydrogen-bond donors (Lipinski definition) is 2. The number of rotatable bonds is 8. The summed E-state index contributed by atoms with van der Waals surface area (Å²) in [6.07, 6.45) is 8.18. The van der Waals surface area contributed by atoms with E-state index in [4.69, 9.17) is 0 Å². The van der Waals surface area contributed by atoms with Crippen molar-refractivity contribution in [1.29, 1.82) is 0 Å². The molecule has 2 fully saturated rings. The molecule has 2 N–H and O–H groups in total. The maximum Gasteiger partial charge on any atom is 0.160 e. The van der Waals surface area contributed by atoms with E-state index in [1.54, 1.807) is 6.92 Å². The highest BCUT2D eigenvalue weighted by atomic mass is 16.1. The van der Waals surface area contributed by atoms with Crippen LogP contribution in [0.4, 0.5) is 0 Å². The Hall–Kier alpha value is -2.03. The molecule has 1 unspecified atom stereocenters. The Kier molecular flexibility index (Phi) is 5.08. The molecule has 0 bridgehead atoms. The van der Waals surface area contributed by atoms with Crippen LogP contribution >= 0.6 is 0 Å². The predicted octanol–water partition coefficient (Wildman–Crippen LogP) is 4.10. The number of carbonyl (C=O) groups excluding carboxylic acids is 1. The summed E-state index contributed by atoms with van der Waals surface area (Å²) in [5.74, 6) is 1.94. The highest BCUT2D eigenvalue weighted by molar-refractivity contribution is 5.95. The molecule has 24 heavy (non-hydrogen) atoms. The van der Waals surface area contributed by atoms with Gasteiger partial charge in [-0.15, -0.1) is 0 Å². The van der Waals surface area contributed by atoms with E-state index in [0.717, 1.165) is 48.7 Å². The largest absolute Gasteiger partial charge is 0.364 e. The SMILES string of the molecule is C=C1NC(=C)C(CCCc2cc(CCC3CC3)ccc2C(C)=O)N1. The van der Waals surface area contributed by atoms with Crippen LogP contribution in [0.25, 0.3) is 0 Å². The Bertz CT molecular complexity index is 658. The first-order chi connectivity index (χ1) is 11.5. The summed E-state index contributed by atoms with van der Waals surface area (Å²) in [5.41, 5.74) is 4.45. The monoisotopic (exact) mass is 324 g/mol. The average Bonchev–Trinajstić information content (AvgIpc) is 3.30. The zero-order valence-corrected chi connectivity index (χ0v) is 14.7. The lowest BCUT2D eigenvalue weighted by atomic mass is 9.94. The van der Waals surface area contributed by atoms with Crippen LogP contribution in [-0.4, -0.2) is 11.8 Å². The second kappa shape index (κ2) is 7.25. The van der Waals surface area contributed by atoms with Crippen LogP contribution < -0.4 is 10.6 Å². The van der Waals surface area contributed by atoms with Gasteiger partial charge in [0.2, 0.25) is 0 Å². The Morgan fingerprint density at radius 2 is 2.00 bits per heavy atom. The summed E-state index contributed by atoms with van der Waals surface area (Å²) in [5, 5.41) is 6.44. The molecule has 0 amide bonds. The molecule has 0 radical (unpaired) electrons. The summed E-state index contributed by atoms with van der Waals surface area (Å²) < 4.78 is 0. The standard InChI is InChI=1S/C21H28N2O/c1-14-21(23-16(3)22-14)6-4-5-19-13-18(10-9-17-7-8-17)11-12-20(19)15(2)24/h11-13,17,21-23H,1,3-10H2,2H3. The quantitative estimate of drug-likeness (QED) is 0.707. The summed E-state index contributed by atoms with van der Waals surface area (Å²) in [6, 6.07) is 6.66. The van der Waals surface area contributed by atoms with Crippen LogP contribution in [0, 0.1) is 5.92 Å². The Balaban J connectivity index is 1.60. The van der Waals surface area contributed by atoms with Crippen molar-refractivity contribution in [1.82, 2.24) is 10.6 Å². The molecule has 3 heteroatoms. The first kappa shape index (κ1) is 16.8. The van der Waals surface area contributed by atoms with E-state index in [1.807, 2.05) is 6.07 Å². The molecule has 1 aliphatic heterocycles. The highest BCUT2D eigenvalue weighted by Gasteiger charge is 2.21. The van der Waals surface area contributed by atoms with E-state index in [9.17, 15) is 4.79 Å². The number of benzene rings is 1. The van der Waals surface area contributed by atoms with Crippen molar-refractivity contribution < 1.29 is 4.79 Å². The molecule has 0 aromatic heterocycles. The van der Waals surface area contributed by atoms with Gasteiger partial charge in [0.25, 0.3) is 0 Å². The van der Waals surface area contributed by atoms with Crippen LogP contribution in [-0.2, 0) is 12.8 Å². The van der Waals surface area contributed by atoms with Crippen molar-refractivity contribution in [2.24, 2.45) is 5.92 Å². The van der Waals surface area contributed by atoms with Crippen molar-refractivity contribution in [3.8, 4) is 0 Å². The summed E-state index contributed by atoms with van der Waals surface area (Å²) in [7, 11) is 0. The molecule has 1 heterocycles. The minimum Gasteiger partial charge on any atom is -0.364 e. The third-order valence-corrected chi connectivity index (χ3v) is 5.11. The zero-order valence-electron chi connectivity index (χ0n) is 14.7. The maximum absolute atomic E-state index is 11.9. The molecule has 1 saturated heterocycles. The van der Waals surface area contributed by atoms with E-state index in [1.165, 1.54) is 30.4 Å². The maximum atomic E-state index is 11.9. The van der Waals surface area contributed by atoms with Crippen molar-refractivity contribution in [3.05, 3.63) is 59.6 Å². The fraction of sp³-hybridized carbons (Fsp3) is 0.476. The van der Waals surface area contributed by atoms with Crippen LogP contribution in [0.1, 0.15) is 60.5 Å². The molecule has 1 aromatic rings. The number of nitrogens with one attached hydrogen (secondary N) is 2. The van der Waals surface area contributed by atoms with Gasteiger partial charge in [0, 0.05) is 11.3 Å². The lowest BCUT2D eigenvalue weighted by Crippen LogP contribution is -2.21. The molecule has 3 rings (SSSR count). The van der Waals surface area contributed by atoms with Gasteiger partial charge in [-0.3, -0.25) is 4.79 Å². The molecule has 1 saturated carbocycles. The van der Waals surface area contributed by atoms with E-state index < -0.39 is 0 Å². The minimum absolute atomic E-state index is 0.164. The smallest absolute Gasteiger partial charge is 0.160 e. The average molecular weight is 324 g/mol. The van der Waals surface area contributed by atoms with Crippen LogP contribution in [0.2, 0.25) is 0 Å². The minimum atomic E-state index is 0.164. The molecule has 3 nitrogen and oxygen atoms in total. The Morgan fingerprint density at radius 3 is 2.62 bits per heavy atom. The van der Waals surface area contributed by atoms with Gasteiger partial charge in [0.1, 0.15) is 0 Å². The predicted molar refractivity (Wildman–Crippen MR) is 98.8 cm³/mol. The normalized spacial score (nSPS) is 20.0. The van der Waals surface area contributed by atoms with Crippen molar-refractivity contribution in [2.75, 3.05) is 0 Å². The fourth-order valence-electron chi connectivity index (χ4n) is 3.49. The number of ketones is 1.